The van der Waals surface area contributed by atoms with E-state index in [4.69, 9.17) is 0 Å². The van der Waals surface area contributed by atoms with Crippen molar-refractivity contribution in [3.8, 4) is 0 Å². The van der Waals surface area contributed by atoms with Gasteiger partial charge < -0.3 is 4.90 Å². The quantitative estimate of drug-likeness (QED) is 0.717. The minimum atomic E-state index is -4.35. The Balaban J connectivity index is 2.26. The zero-order valence-corrected chi connectivity index (χ0v) is 8.09. The van der Waals surface area contributed by atoms with Gasteiger partial charge >= 0.3 is 6.18 Å². The summed E-state index contributed by atoms with van der Waals surface area (Å²) in [7, 11) is 0. The van der Waals surface area contributed by atoms with Crippen LogP contribution in [0, 0.1) is 0 Å². The molecule has 0 amide bonds. The number of pyridine rings is 1. The smallest absolute Gasteiger partial charge is 0.371 e. The minimum absolute atomic E-state index is 0.620. The number of hydrogen-bond donors (Lipinski definition) is 0. The molecular formula is C10H11F3N2. The minimum Gasteiger partial charge on any atom is -0.371 e. The topological polar surface area (TPSA) is 16.1 Å². The zero-order valence-electron chi connectivity index (χ0n) is 8.09. The van der Waals surface area contributed by atoms with Gasteiger partial charge in [-0.3, -0.25) is 4.98 Å². The highest BCUT2D eigenvalue weighted by Gasteiger charge is 2.32. The van der Waals surface area contributed by atoms with Gasteiger partial charge in [0.25, 0.3) is 0 Å². The first-order valence-electron chi connectivity index (χ1n) is 4.85. The summed E-state index contributed by atoms with van der Waals surface area (Å²) < 4.78 is 37.1. The van der Waals surface area contributed by atoms with Gasteiger partial charge in [0.05, 0.1) is 0 Å². The normalized spacial score (nSPS) is 17.1. The van der Waals surface area contributed by atoms with Crippen molar-refractivity contribution in [2.45, 2.75) is 19.0 Å². The lowest BCUT2D eigenvalue weighted by molar-refractivity contribution is -0.141. The summed E-state index contributed by atoms with van der Waals surface area (Å²) in [5, 5.41) is 0. The lowest BCUT2D eigenvalue weighted by Crippen LogP contribution is -2.19. The Morgan fingerprint density at radius 2 is 1.87 bits per heavy atom. The molecule has 82 valence electrons. The van der Waals surface area contributed by atoms with Gasteiger partial charge in [0.1, 0.15) is 5.69 Å². The molecule has 0 bridgehead atoms. The summed E-state index contributed by atoms with van der Waals surface area (Å²) in [6.45, 7) is 1.67. The third kappa shape index (κ3) is 2.22. The molecule has 1 saturated heterocycles. The van der Waals surface area contributed by atoms with Crippen molar-refractivity contribution in [2.24, 2.45) is 0 Å². The molecule has 2 nitrogen and oxygen atoms in total. The van der Waals surface area contributed by atoms with Crippen LogP contribution in [0.4, 0.5) is 18.9 Å². The molecule has 2 rings (SSSR count). The third-order valence-corrected chi connectivity index (χ3v) is 2.51. The maximum atomic E-state index is 12.4. The average molecular weight is 216 g/mol. The number of hydrogen-bond acceptors (Lipinski definition) is 2. The predicted molar refractivity (Wildman–Crippen MR) is 50.7 cm³/mol. The molecule has 0 N–H and O–H groups in total. The standard InChI is InChI=1S/C10H11F3N2/c11-10(12,13)9-7-8(3-4-14-9)15-5-1-2-6-15/h3-4,7H,1-2,5-6H2. The molecule has 0 radical (unpaired) electrons. The fourth-order valence-electron chi connectivity index (χ4n) is 1.75. The van der Waals surface area contributed by atoms with Gasteiger partial charge in [0.15, 0.2) is 0 Å². The van der Waals surface area contributed by atoms with Gasteiger partial charge in [-0.2, -0.15) is 13.2 Å². The van der Waals surface area contributed by atoms with Crippen LogP contribution >= 0.6 is 0 Å². The van der Waals surface area contributed by atoms with Crippen LogP contribution in [0.15, 0.2) is 18.3 Å². The summed E-state index contributed by atoms with van der Waals surface area (Å²) in [6.07, 6.45) is -1.04. The van der Waals surface area contributed by atoms with Gasteiger partial charge in [-0.1, -0.05) is 0 Å². The van der Waals surface area contributed by atoms with Crippen LogP contribution in [-0.4, -0.2) is 18.1 Å². The number of rotatable bonds is 1. The molecule has 5 heteroatoms. The SMILES string of the molecule is FC(F)(F)c1cc(N2CCCC2)ccn1. The molecule has 0 unspecified atom stereocenters. The van der Waals surface area contributed by atoms with E-state index in [2.05, 4.69) is 4.98 Å². The van der Waals surface area contributed by atoms with Crippen LogP contribution < -0.4 is 4.90 Å². The second-order valence-electron chi connectivity index (χ2n) is 3.59. The van der Waals surface area contributed by atoms with Crippen LogP contribution in [0.2, 0.25) is 0 Å². The average Bonchev–Trinajstić information content (AvgIpc) is 2.69. The number of aromatic nitrogens is 1. The van der Waals surface area contributed by atoms with Crippen molar-refractivity contribution < 1.29 is 13.2 Å². The molecule has 0 saturated carbocycles. The highest BCUT2D eigenvalue weighted by molar-refractivity contribution is 5.47. The summed E-state index contributed by atoms with van der Waals surface area (Å²) in [4.78, 5) is 5.29. The Kier molecular flexibility index (Phi) is 2.54. The van der Waals surface area contributed by atoms with Gasteiger partial charge in [-0.05, 0) is 25.0 Å². The van der Waals surface area contributed by atoms with E-state index in [1.807, 2.05) is 4.90 Å². The monoisotopic (exact) mass is 216 g/mol. The Labute approximate surface area is 85.7 Å². The Bertz CT molecular complexity index is 343. The number of nitrogens with zero attached hydrogens (tertiary/aromatic N) is 2. The lowest BCUT2D eigenvalue weighted by Gasteiger charge is -2.18. The summed E-state index contributed by atoms with van der Waals surface area (Å²) in [5.41, 5.74) is -0.193. The molecule has 0 aliphatic carbocycles. The van der Waals surface area contributed by atoms with Gasteiger partial charge in [-0.25, -0.2) is 0 Å². The molecule has 1 aliphatic heterocycles. The van der Waals surface area contributed by atoms with Crippen molar-refractivity contribution in [1.29, 1.82) is 0 Å². The molecule has 0 aromatic carbocycles. The molecule has 0 atom stereocenters. The molecule has 15 heavy (non-hydrogen) atoms. The number of halogens is 3. The van der Waals surface area contributed by atoms with E-state index in [0.717, 1.165) is 32.0 Å². The van der Waals surface area contributed by atoms with E-state index in [1.165, 1.54) is 6.20 Å². The van der Waals surface area contributed by atoms with Crippen molar-refractivity contribution in [2.75, 3.05) is 18.0 Å². The van der Waals surface area contributed by atoms with Gasteiger partial charge in [0, 0.05) is 25.0 Å². The first-order chi connectivity index (χ1) is 7.07. The lowest BCUT2D eigenvalue weighted by atomic mass is 10.3. The molecule has 1 fully saturated rings. The molecule has 1 aromatic rings. The maximum absolute atomic E-state index is 12.4. The summed E-state index contributed by atoms with van der Waals surface area (Å²) in [5.74, 6) is 0. The van der Waals surface area contributed by atoms with Gasteiger partial charge in [0.2, 0.25) is 0 Å². The third-order valence-electron chi connectivity index (χ3n) is 2.51. The van der Waals surface area contributed by atoms with Crippen molar-refractivity contribution in [3.63, 3.8) is 0 Å². The summed E-state index contributed by atoms with van der Waals surface area (Å²) in [6, 6.07) is 2.74. The Hall–Kier alpha value is -1.26. The second-order valence-corrected chi connectivity index (χ2v) is 3.59. The fourth-order valence-corrected chi connectivity index (χ4v) is 1.75. The van der Waals surface area contributed by atoms with Crippen LogP contribution in [0.1, 0.15) is 18.5 Å². The number of alkyl halides is 3. The Morgan fingerprint density at radius 1 is 1.20 bits per heavy atom. The van der Waals surface area contributed by atoms with Crippen molar-refractivity contribution in [1.82, 2.24) is 4.98 Å². The largest absolute Gasteiger partial charge is 0.433 e. The molecule has 0 spiro atoms. The molecule has 1 aromatic heterocycles. The van der Waals surface area contributed by atoms with Crippen molar-refractivity contribution in [3.05, 3.63) is 24.0 Å². The van der Waals surface area contributed by atoms with E-state index in [0.29, 0.717) is 5.69 Å². The fraction of sp³-hybridized carbons (Fsp3) is 0.500. The maximum Gasteiger partial charge on any atom is 0.433 e. The van der Waals surface area contributed by atoms with Crippen LogP contribution in [0.3, 0.4) is 0 Å². The van der Waals surface area contributed by atoms with E-state index in [1.54, 1.807) is 6.07 Å². The van der Waals surface area contributed by atoms with E-state index >= 15 is 0 Å². The van der Waals surface area contributed by atoms with Gasteiger partial charge in [-0.15, -0.1) is 0 Å². The predicted octanol–water partition coefficient (Wildman–Crippen LogP) is 2.70. The first kappa shape index (κ1) is 10.3. The second kappa shape index (κ2) is 3.72. The van der Waals surface area contributed by atoms with Crippen LogP contribution in [-0.2, 0) is 6.18 Å². The van der Waals surface area contributed by atoms with E-state index in [-0.39, 0.29) is 0 Å². The summed E-state index contributed by atoms with van der Waals surface area (Å²) >= 11 is 0. The highest BCUT2D eigenvalue weighted by Crippen LogP contribution is 2.30. The highest BCUT2D eigenvalue weighted by atomic mass is 19.4. The van der Waals surface area contributed by atoms with E-state index in [9.17, 15) is 13.2 Å². The number of anilines is 1. The zero-order chi connectivity index (χ0) is 10.9. The Morgan fingerprint density at radius 3 is 2.47 bits per heavy atom. The molecular weight excluding hydrogens is 205 g/mol. The molecule has 2 heterocycles. The van der Waals surface area contributed by atoms with Crippen LogP contribution in [0.25, 0.3) is 0 Å². The first-order valence-corrected chi connectivity index (χ1v) is 4.85. The van der Waals surface area contributed by atoms with Crippen LogP contribution in [0.5, 0.6) is 0 Å². The van der Waals surface area contributed by atoms with E-state index < -0.39 is 11.9 Å². The molecule has 1 aliphatic rings. The van der Waals surface area contributed by atoms with Crippen molar-refractivity contribution >= 4 is 5.69 Å².